The molecule has 170 valence electrons. The molecule has 6 heteroatoms. The molecule has 1 amide bonds. The van der Waals surface area contributed by atoms with E-state index in [2.05, 4.69) is 46.3 Å². The lowest BCUT2D eigenvalue weighted by atomic mass is 9.90. The number of amidine groups is 1. The second kappa shape index (κ2) is 9.48. The number of fused-ring (bicyclic) bond motifs is 1. The molecule has 0 aliphatic carbocycles. The number of carbonyl (C=O) groups excluding carboxylic acids is 1. The lowest BCUT2D eigenvalue weighted by Crippen LogP contribution is -2.37. The zero-order chi connectivity index (χ0) is 22.8. The van der Waals surface area contributed by atoms with Crippen molar-refractivity contribution in [2.75, 3.05) is 20.2 Å². The minimum absolute atomic E-state index is 0.161. The van der Waals surface area contributed by atoms with Crippen molar-refractivity contribution in [1.29, 1.82) is 0 Å². The maximum absolute atomic E-state index is 12.7. The average Bonchev–Trinajstić information content (AvgIpc) is 3.20. The Hall–Kier alpha value is -2.99. The minimum atomic E-state index is -0.174. The van der Waals surface area contributed by atoms with Crippen LogP contribution in [0.25, 0.3) is 6.08 Å². The fraction of sp³-hybridized carbons (Fsp3) is 0.333. The molecule has 1 unspecified atom stereocenters. The Kier molecular flexibility index (Phi) is 6.27. The van der Waals surface area contributed by atoms with Crippen LogP contribution in [0.3, 0.4) is 0 Å². The fourth-order valence-electron chi connectivity index (χ4n) is 4.59. The zero-order valence-electron chi connectivity index (χ0n) is 19.0. The second-order valence-corrected chi connectivity index (χ2v) is 9.72. The van der Waals surface area contributed by atoms with E-state index in [0.717, 1.165) is 60.2 Å². The third kappa shape index (κ3) is 4.71. The summed E-state index contributed by atoms with van der Waals surface area (Å²) in [7, 11) is 1.64. The van der Waals surface area contributed by atoms with Gasteiger partial charge in [-0.25, -0.2) is 0 Å². The zero-order valence-corrected chi connectivity index (χ0v) is 19.8. The first-order valence-electron chi connectivity index (χ1n) is 11.5. The number of benzene rings is 2. The molecule has 0 N–H and O–H groups in total. The van der Waals surface area contributed by atoms with Crippen LogP contribution in [0.2, 0.25) is 0 Å². The first-order chi connectivity index (χ1) is 16.1. The van der Waals surface area contributed by atoms with Gasteiger partial charge in [-0.15, -0.1) is 0 Å². The summed E-state index contributed by atoms with van der Waals surface area (Å²) in [5, 5.41) is 0.830. The molecule has 0 radical (unpaired) electrons. The molecule has 1 atom stereocenters. The van der Waals surface area contributed by atoms with Crippen LogP contribution in [0.15, 0.2) is 70.1 Å². The number of para-hydroxylation sites is 1. The number of methoxy groups -OCH3 is 1. The van der Waals surface area contributed by atoms with Crippen molar-refractivity contribution in [3.8, 4) is 11.5 Å². The third-order valence-electron chi connectivity index (χ3n) is 6.47. The number of piperidine rings is 1. The van der Waals surface area contributed by atoms with Crippen LogP contribution in [-0.2, 0) is 11.2 Å². The van der Waals surface area contributed by atoms with Crippen LogP contribution in [0.5, 0.6) is 11.5 Å². The van der Waals surface area contributed by atoms with Crippen molar-refractivity contribution >= 4 is 28.9 Å². The maximum atomic E-state index is 12.7. The number of thioether (sulfide) groups is 1. The monoisotopic (exact) mass is 460 g/mol. The van der Waals surface area contributed by atoms with Crippen LogP contribution in [0, 0.1) is 5.92 Å². The van der Waals surface area contributed by atoms with Crippen LogP contribution in [0.4, 0.5) is 0 Å². The summed E-state index contributed by atoms with van der Waals surface area (Å²) in [5.74, 6) is 1.99. The number of carbonyl (C=O) groups is 1. The predicted molar refractivity (Wildman–Crippen MR) is 134 cm³/mol. The number of nitrogens with zero attached hydrogens (tertiary/aromatic N) is 2. The van der Waals surface area contributed by atoms with E-state index < -0.39 is 0 Å². The molecule has 1 saturated heterocycles. The Labute approximate surface area is 199 Å². The Morgan fingerprint density at radius 3 is 2.70 bits per heavy atom. The summed E-state index contributed by atoms with van der Waals surface area (Å²) in [6, 6.07) is 16.5. The molecule has 2 aromatic rings. The highest BCUT2D eigenvalue weighted by Crippen LogP contribution is 2.39. The third-order valence-corrected chi connectivity index (χ3v) is 7.52. The molecular formula is C27H28N2O3S. The van der Waals surface area contributed by atoms with Crippen molar-refractivity contribution < 1.29 is 14.3 Å². The Morgan fingerprint density at radius 1 is 1.15 bits per heavy atom. The predicted octanol–water partition coefficient (Wildman–Crippen LogP) is 5.33. The Bertz CT molecular complexity index is 1130. The summed E-state index contributed by atoms with van der Waals surface area (Å²) in [6.07, 6.45) is 7.19. The van der Waals surface area contributed by atoms with Crippen molar-refractivity contribution in [3.05, 3.63) is 76.2 Å². The molecular weight excluding hydrogens is 432 g/mol. The first kappa shape index (κ1) is 21.8. The van der Waals surface area contributed by atoms with Crippen LogP contribution in [0.1, 0.15) is 30.9 Å². The largest absolute Gasteiger partial charge is 0.493 e. The number of ether oxygens (including phenoxy) is 2. The number of amides is 1. The average molecular weight is 461 g/mol. The second-order valence-electron chi connectivity index (χ2n) is 8.71. The smallest absolute Gasteiger partial charge is 0.286 e. The topological polar surface area (TPSA) is 51.1 Å². The van der Waals surface area contributed by atoms with Crippen molar-refractivity contribution in [3.63, 3.8) is 0 Å². The van der Waals surface area contributed by atoms with Gasteiger partial charge in [0.25, 0.3) is 5.91 Å². The molecule has 0 aromatic heterocycles. The van der Waals surface area contributed by atoms with E-state index in [1.807, 2.05) is 31.2 Å². The molecule has 0 spiro atoms. The lowest BCUT2D eigenvalue weighted by Gasteiger charge is -2.32. The Balaban J connectivity index is 1.24. The highest BCUT2D eigenvalue weighted by atomic mass is 32.2. The quantitative estimate of drug-likeness (QED) is 0.578. The number of hydrogen-bond acceptors (Lipinski definition) is 5. The molecule has 5 nitrogen and oxygen atoms in total. The standard InChI is InChI=1S/C27H28N2O3S/c1-18-22(16-21-9-6-10-23(31-2)25(21)32-18)17-24-26(30)28-27(33-24)29-13-11-20(12-14-29)15-19-7-4-3-5-8-19/h3-10,16-18,20H,11-15H2,1-2H3. The van der Waals surface area contributed by atoms with Crippen LogP contribution < -0.4 is 9.47 Å². The van der Waals surface area contributed by atoms with Gasteiger partial charge >= 0.3 is 0 Å². The van der Waals surface area contributed by atoms with Crippen molar-refractivity contribution in [2.45, 2.75) is 32.3 Å². The molecule has 3 aliphatic heterocycles. The highest BCUT2D eigenvalue weighted by molar-refractivity contribution is 8.18. The van der Waals surface area contributed by atoms with Gasteiger partial charge in [-0.2, -0.15) is 4.99 Å². The SMILES string of the molecule is COc1cccc2c1OC(C)C(C=C1SC(N3CCC(Cc4ccccc4)CC3)=NC1=O)=C2. The van der Waals surface area contributed by atoms with E-state index >= 15 is 0 Å². The molecule has 2 aromatic carbocycles. The van der Waals surface area contributed by atoms with E-state index in [9.17, 15) is 4.79 Å². The summed E-state index contributed by atoms with van der Waals surface area (Å²) < 4.78 is 11.5. The summed E-state index contributed by atoms with van der Waals surface area (Å²) in [4.78, 5) is 20.0. The van der Waals surface area contributed by atoms with E-state index in [1.54, 1.807) is 7.11 Å². The number of hydrogen-bond donors (Lipinski definition) is 0. The molecule has 0 bridgehead atoms. The summed E-state index contributed by atoms with van der Waals surface area (Å²) >= 11 is 1.48. The normalized spacial score (nSPS) is 22.0. The van der Waals surface area contributed by atoms with Gasteiger partial charge in [0.05, 0.1) is 12.0 Å². The van der Waals surface area contributed by atoms with Gasteiger partial charge in [0, 0.05) is 18.7 Å². The minimum Gasteiger partial charge on any atom is -0.493 e. The summed E-state index contributed by atoms with van der Waals surface area (Å²) in [5.41, 5.74) is 3.32. The molecule has 0 saturated carbocycles. The summed E-state index contributed by atoms with van der Waals surface area (Å²) in [6.45, 7) is 3.88. The van der Waals surface area contributed by atoms with Gasteiger partial charge in [0.1, 0.15) is 6.10 Å². The van der Waals surface area contributed by atoms with E-state index in [-0.39, 0.29) is 12.0 Å². The van der Waals surface area contributed by atoms with Gasteiger partial charge in [0.2, 0.25) is 0 Å². The van der Waals surface area contributed by atoms with Crippen LogP contribution in [-0.4, -0.2) is 42.3 Å². The van der Waals surface area contributed by atoms with Gasteiger partial charge in [-0.1, -0.05) is 42.5 Å². The molecule has 5 rings (SSSR count). The van der Waals surface area contributed by atoms with E-state index in [0.29, 0.717) is 10.8 Å². The van der Waals surface area contributed by atoms with E-state index in [1.165, 1.54) is 17.3 Å². The van der Waals surface area contributed by atoms with Crippen molar-refractivity contribution in [1.82, 2.24) is 4.90 Å². The van der Waals surface area contributed by atoms with E-state index in [4.69, 9.17) is 9.47 Å². The first-order valence-corrected chi connectivity index (χ1v) is 12.3. The fourth-order valence-corrected chi connectivity index (χ4v) is 5.56. The number of rotatable bonds is 4. The van der Waals surface area contributed by atoms with Gasteiger partial charge < -0.3 is 14.4 Å². The maximum Gasteiger partial charge on any atom is 0.286 e. The van der Waals surface area contributed by atoms with Crippen LogP contribution >= 0.6 is 11.8 Å². The molecule has 3 heterocycles. The number of likely N-dealkylation sites (tertiary alicyclic amines) is 1. The highest BCUT2D eigenvalue weighted by Gasteiger charge is 2.30. The molecule has 3 aliphatic rings. The van der Waals surface area contributed by atoms with Crippen molar-refractivity contribution in [2.24, 2.45) is 10.9 Å². The van der Waals surface area contributed by atoms with Gasteiger partial charge in [-0.05, 0) is 73.2 Å². The van der Waals surface area contributed by atoms with Gasteiger partial charge in [-0.3, -0.25) is 4.79 Å². The van der Waals surface area contributed by atoms with Gasteiger partial charge in [0.15, 0.2) is 16.7 Å². The Morgan fingerprint density at radius 2 is 1.94 bits per heavy atom. The number of aliphatic imine (C=N–C) groups is 1. The molecule has 1 fully saturated rings. The molecule has 33 heavy (non-hydrogen) atoms. The lowest BCUT2D eigenvalue weighted by molar-refractivity contribution is -0.113.